The molecule has 5 heteroatoms. The molecule has 14 heavy (non-hydrogen) atoms. The standard InChI is InChI=1S/C9H13Cl3O2/c1-3-14-9(13)4-6(2)7(10)5-8(11)12/h5-7H,3-4H2,1-2H3. The minimum absolute atomic E-state index is 0.0526. The van der Waals surface area contributed by atoms with Gasteiger partial charge in [-0.1, -0.05) is 30.1 Å². The molecular weight excluding hydrogens is 246 g/mol. The first-order valence-electron chi connectivity index (χ1n) is 4.29. The molecule has 0 rings (SSSR count). The van der Waals surface area contributed by atoms with Gasteiger partial charge in [-0.25, -0.2) is 0 Å². The van der Waals surface area contributed by atoms with Crippen molar-refractivity contribution in [2.45, 2.75) is 25.6 Å². The highest BCUT2D eigenvalue weighted by Crippen LogP contribution is 2.20. The SMILES string of the molecule is CCOC(=O)CC(C)C(Cl)C=C(Cl)Cl. The van der Waals surface area contributed by atoms with Crippen LogP contribution >= 0.6 is 34.8 Å². The third-order valence-corrected chi connectivity index (χ3v) is 2.43. The number of hydrogen-bond donors (Lipinski definition) is 0. The van der Waals surface area contributed by atoms with Gasteiger partial charge in [0.05, 0.1) is 12.0 Å². The Morgan fingerprint density at radius 2 is 2.07 bits per heavy atom. The number of rotatable bonds is 5. The molecule has 0 aliphatic heterocycles. The first kappa shape index (κ1) is 14.1. The van der Waals surface area contributed by atoms with Crippen molar-refractivity contribution in [3.63, 3.8) is 0 Å². The topological polar surface area (TPSA) is 26.3 Å². The fourth-order valence-corrected chi connectivity index (χ4v) is 1.50. The molecule has 2 unspecified atom stereocenters. The van der Waals surface area contributed by atoms with E-state index in [4.69, 9.17) is 39.5 Å². The van der Waals surface area contributed by atoms with Gasteiger partial charge in [0.1, 0.15) is 4.49 Å². The summed E-state index contributed by atoms with van der Waals surface area (Å²) in [5.41, 5.74) is 0. The Hall–Kier alpha value is 0.0800. The average molecular weight is 260 g/mol. The fourth-order valence-electron chi connectivity index (χ4n) is 0.880. The van der Waals surface area contributed by atoms with Crippen LogP contribution in [0, 0.1) is 5.92 Å². The van der Waals surface area contributed by atoms with Crippen molar-refractivity contribution in [2.24, 2.45) is 5.92 Å². The Labute approximate surface area is 99.2 Å². The van der Waals surface area contributed by atoms with E-state index < -0.39 is 0 Å². The maximum atomic E-state index is 11.1. The normalized spacial score (nSPS) is 14.4. The molecule has 0 aromatic rings. The summed E-state index contributed by atoms with van der Waals surface area (Å²) in [6.07, 6.45) is 1.76. The van der Waals surface area contributed by atoms with Crippen molar-refractivity contribution in [1.29, 1.82) is 0 Å². The molecule has 0 spiro atoms. The Balaban J connectivity index is 4.01. The molecule has 0 saturated heterocycles. The molecule has 0 N–H and O–H groups in total. The zero-order chi connectivity index (χ0) is 11.1. The van der Waals surface area contributed by atoms with Crippen molar-refractivity contribution in [2.75, 3.05) is 6.61 Å². The van der Waals surface area contributed by atoms with E-state index in [1.54, 1.807) is 6.92 Å². The van der Waals surface area contributed by atoms with Gasteiger partial charge in [0.25, 0.3) is 0 Å². The van der Waals surface area contributed by atoms with E-state index in [1.165, 1.54) is 6.08 Å². The largest absolute Gasteiger partial charge is 0.466 e. The highest BCUT2D eigenvalue weighted by atomic mass is 35.5. The Morgan fingerprint density at radius 1 is 1.50 bits per heavy atom. The van der Waals surface area contributed by atoms with Crippen LogP contribution in [0.3, 0.4) is 0 Å². The van der Waals surface area contributed by atoms with E-state index in [9.17, 15) is 4.79 Å². The number of halogens is 3. The predicted octanol–water partition coefficient (Wildman–Crippen LogP) is 3.50. The van der Waals surface area contributed by atoms with Gasteiger partial charge >= 0.3 is 5.97 Å². The fraction of sp³-hybridized carbons (Fsp3) is 0.667. The highest BCUT2D eigenvalue weighted by molar-refractivity contribution is 6.56. The van der Waals surface area contributed by atoms with Gasteiger partial charge in [-0.05, 0) is 18.9 Å². The van der Waals surface area contributed by atoms with Gasteiger partial charge < -0.3 is 4.74 Å². The molecule has 0 aliphatic carbocycles. The number of ether oxygens (including phenoxy) is 1. The summed E-state index contributed by atoms with van der Waals surface area (Å²) >= 11 is 16.8. The van der Waals surface area contributed by atoms with E-state index in [0.717, 1.165) is 0 Å². The van der Waals surface area contributed by atoms with E-state index in [1.807, 2.05) is 6.92 Å². The first-order chi connectivity index (χ1) is 6.47. The Morgan fingerprint density at radius 3 is 2.50 bits per heavy atom. The van der Waals surface area contributed by atoms with Crippen LogP contribution < -0.4 is 0 Å². The second-order valence-electron chi connectivity index (χ2n) is 2.89. The van der Waals surface area contributed by atoms with Gasteiger partial charge in [0.15, 0.2) is 0 Å². The molecule has 0 aliphatic rings. The molecule has 0 fully saturated rings. The van der Waals surface area contributed by atoms with Gasteiger partial charge in [-0.15, -0.1) is 11.6 Å². The summed E-state index contributed by atoms with van der Waals surface area (Å²) in [4.78, 5) is 11.1. The van der Waals surface area contributed by atoms with Crippen LogP contribution in [-0.2, 0) is 9.53 Å². The van der Waals surface area contributed by atoms with Gasteiger partial charge in [-0.3, -0.25) is 4.79 Å². The lowest BCUT2D eigenvalue weighted by molar-refractivity contribution is -0.144. The minimum Gasteiger partial charge on any atom is -0.466 e. The molecule has 0 bridgehead atoms. The molecule has 2 atom stereocenters. The predicted molar refractivity (Wildman–Crippen MR) is 59.8 cm³/mol. The maximum absolute atomic E-state index is 11.1. The minimum atomic E-state index is -0.357. The van der Waals surface area contributed by atoms with Crippen molar-refractivity contribution in [3.05, 3.63) is 10.6 Å². The van der Waals surface area contributed by atoms with E-state index in [-0.39, 0.29) is 28.2 Å². The molecule has 0 heterocycles. The van der Waals surface area contributed by atoms with Crippen LogP contribution in [0.25, 0.3) is 0 Å². The van der Waals surface area contributed by atoms with Gasteiger partial charge in [0.2, 0.25) is 0 Å². The number of alkyl halides is 1. The quantitative estimate of drug-likeness (QED) is 0.558. The maximum Gasteiger partial charge on any atom is 0.306 e. The summed E-state index contributed by atoms with van der Waals surface area (Å²) in [6, 6.07) is 0. The van der Waals surface area contributed by atoms with Gasteiger partial charge in [-0.2, -0.15) is 0 Å². The Kier molecular flexibility index (Phi) is 7.42. The summed E-state index contributed by atoms with van der Waals surface area (Å²) < 4.78 is 4.90. The van der Waals surface area contributed by atoms with Gasteiger partial charge in [0, 0.05) is 6.42 Å². The van der Waals surface area contributed by atoms with Crippen LogP contribution in [0.4, 0.5) is 0 Å². The van der Waals surface area contributed by atoms with Crippen molar-refractivity contribution in [1.82, 2.24) is 0 Å². The molecule has 0 aromatic heterocycles. The third kappa shape index (κ3) is 6.52. The molecule has 0 saturated carbocycles. The summed E-state index contributed by atoms with van der Waals surface area (Å²) in [7, 11) is 0. The monoisotopic (exact) mass is 258 g/mol. The zero-order valence-electron chi connectivity index (χ0n) is 8.10. The molecule has 0 radical (unpaired) electrons. The molecule has 82 valence electrons. The van der Waals surface area contributed by atoms with Crippen molar-refractivity contribution in [3.8, 4) is 0 Å². The lowest BCUT2D eigenvalue weighted by Crippen LogP contribution is -2.16. The Bertz CT molecular complexity index is 212. The third-order valence-electron chi connectivity index (χ3n) is 1.62. The molecular formula is C9H13Cl3O2. The number of carbonyl (C=O) groups excluding carboxylic acids is 1. The number of carbonyl (C=O) groups is 1. The number of hydrogen-bond acceptors (Lipinski definition) is 2. The number of esters is 1. The van der Waals surface area contributed by atoms with Crippen LogP contribution in [0.15, 0.2) is 10.6 Å². The van der Waals surface area contributed by atoms with Crippen molar-refractivity contribution < 1.29 is 9.53 Å². The first-order valence-corrected chi connectivity index (χ1v) is 5.49. The number of allylic oxidation sites excluding steroid dienone is 1. The van der Waals surface area contributed by atoms with Crippen LogP contribution in [0.1, 0.15) is 20.3 Å². The van der Waals surface area contributed by atoms with Crippen LogP contribution in [0.2, 0.25) is 0 Å². The molecule has 0 amide bonds. The lowest BCUT2D eigenvalue weighted by Gasteiger charge is -2.13. The smallest absolute Gasteiger partial charge is 0.306 e. The van der Waals surface area contributed by atoms with E-state index in [0.29, 0.717) is 6.61 Å². The highest BCUT2D eigenvalue weighted by Gasteiger charge is 2.17. The summed E-state index contributed by atoms with van der Waals surface area (Å²) in [5, 5.41) is -0.357. The zero-order valence-corrected chi connectivity index (χ0v) is 10.4. The second-order valence-corrected chi connectivity index (χ2v) is 4.40. The van der Waals surface area contributed by atoms with Crippen LogP contribution in [-0.4, -0.2) is 18.0 Å². The molecule has 0 aromatic carbocycles. The lowest BCUT2D eigenvalue weighted by atomic mass is 10.0. The summed E-state index contributed by atoms with van der Waals surface area (Å²) in [5.74, 6) is -0.312. The van der Waals surface area contributed by atoms with E-state index >= 15 is 0 Å². The average Bonchev–Trinajstić information content (AvgIpc) is 2.02. The molecule has 2 nitrogen and oxygen atoms in total. The second kappa shape index (κ2) is 7.38. The summed E-state index contributed by atoms with van der Waals surface area (Å²) in [6.45, 7) is 3.97. The van der Waals surface area contributed by atoms with Crippen LogP contribution in [0.5, 0.6) is 0 Å². The van der Waals surface area contributed by atoms with Crippen molar-refractivity contribution >= 4 is 40.8 Å². The van der Waals surface area contributed by atoms with E-state index in [2.05, 4.69) is 0 Å².